The predicted molar refractivity (Wildman–Crippen MR) is 125 cm³/mol. The molecule has 0 saturated carbocycles. The lowest BCUT2D eigenvalue weighted by atomic mass is 10.1. The fraction of sp³-hybridized carbons (Fsp3) is 0.231. The number of benzene rings is 3. The molecule has 1 aliphatic heterocycles. The van der Waals surface area contributed by atoms with E-state index in [-0.39, 0.29) is 23.8 Å². The summed E-state index contributed by atoms with van der Waals surface area (Å²) < 4.78 is 32.8. The van der Waals surface area contributed by atoms with Crippen molar-refractivity contribution in [3.05, 3.63) is 95.6 Å². The van der Waals surface area contributed by atoms with Gasteiger partial charge in [0.1, 0.15) is 6.10 Å². The summed E-state index contributed by atoms with van der Waals surface area (Å²) in [5.41, 5.74) is 1.95. The minimum atomic E-state index is -1.00. The average molecular weight is 466 g/mol. The van der Waals surface area contributed by atoms with Crippen molar-refractivity contribution in [1.29, 1.82) is 0 Å². The molecule has 0 radical (unpaired) electrons. The van der Waals surface area contributed by atoms with E-state index in [1.807, 2.05) is 30.3 Å². The molecule has 0 aliphatic carbocycles. The molecule has 1 fully saturated rings. The molecule has 1 saturated heterocycles. The van der Waals surface area contributed by atoms with Crippen molar-refractivity contribution < 1.29 is 23.1 Å². The second-order valence-electron chi connectivity index (χ2n) is 8.04. The molecule has 0 unspecified atom stereocenters. The van der Waals surface area contributed by atoms with E-state index in [0.717, 1.165) is 11.6 Å². The van der Waals surface area contributed by atoms with E-state index in [1.54, 1.807) is 29.2 Å². The second kappa shape index (κ2) is 10.8. The Hall–Kier alpha value is -3.94. The Bertz CT molecular complexity index is 1150. The van der Waals surface area contributed by atoms with Crippen molar-refractivity contribution in [1.82, 2.24) is 10.2 Å². The molecule has 3 amide bonds. The molecular formula is C26H25F2N3O3. The van der Waals surface area contributed by atoms with E-state index in [2.05, 4.69) is 10.6 Å². The van der Waals surface area contributed by atoms with Gasteiger partial charge in [0, 0.05) is 43.7 Å². The molecule has 0 bridgehead atoms. The van der Waals surface area contributed by atoms with Crippen LogP contribution in [0.15, 0.2) is 72.8 Å². The van der Waals surface area contributed by atoms with Crippen molar-refractivity contribution in [3.63, 3.8) is 0 Å². The van der Waals surface area contributed by atoms with Crippen LogP contribution in [0.3, 0.4) is 0 Å². The van der Waals surface area contributed by atoms with Crippen LogP contribution in [0.25, 0.3) is 0 Å². The van der Waals surface area contributed by atoms with E-state index in [9.17, 15) is 18.4 Å². The number of ether oxygens (including phenoxy) is 1. The molecule has 1 heterocycles. The molecule has 2 N–H and O–H groups in total. The normalized spacial score (nSPS) is 13.9. The van der Waals surface area contributed by atoms with E-state index in [4.69, 9.17) is 4.74 Å². The highest BCUT2D eigenvalue weighted by Crippen LogP contribution is 2.24. The smallest absolute Gasteiger partial charge is 0.321 e. The van der Waals surface area contributed by atoms with E-state index < -0.39 is 11.6 Å². The van der Waals surface area contributed by atoms with Crippen LogP contribution in [-0.4, -0.2) is 36.0 Å². The fourth-order valence-electron chi connectivity index (χ4n) is 3.75. The maximum Gasteiger partial charge on any atom is 0.321 e. The number of carbonyl (C=O) groups excluding carboxylic acids is 2. The van der Waals surface area contributed by atoms with E-state index in [0.29, 0.717) is 43.7 Å². The molecule has 1 aliphatic rings. The molecule has 0 spiro atoms. The van der Waals surface area contributed by atoms with Gasteiger partial charge in [-0.1, -0.05) is 42.5 Å². The van der Waals surface area contributed by atoms with Gasteiger partial charge in [-0.25, -0.2) is 9.18 Å². The first-order chi connectivity index (χ1) is 16.5. The van der Waals surface area contributed by atoms with Crippen LogP contribution in [0, 0.1) is 11.6 Å². The highest BCUT2D eigenvalue weighted by Gasteiger charge is 2.25. The van der Waals surface area contributed by atoms with Crippen molar-refractivity contribution in [3.8, 4) is 5.75 Å². The number of carbonyl (C=O) groups is 2. The van der Waals surface area contributed by atoms with Gasteiger partial charge in [0.2, 0.25) is 5.82 Å². The summed E-state index contributed by atoms with van der Waals surface area (Å²) in [5, 5.41) is 5.68. The summed E-state index contributed by atoms with van der Waals surface area (Å²) in [7, 11) is 0. The van der Waals surface area contributed by atoms with E-state index >= 15 is 0 Å². The number of amides is 3. The molecule has 176 valence electrons. The Morgan fingerprint density at radius 1 is 0.941 bits per heavy atom. The molecule has 6 nitrogen and oxygen atoms in total. The van der Waals surface area contributed by atoms with Gasteiger partial charge in [0.15, 0.2) is 11.6 Å². The molecular weight excluding hydrogens is 440 g/mol. The quantitative estimate of drug-likeness (QED) is 0.540. The summed E-state index contributed by atoms with van der Waals surface area (Å²) in [6, 6.07) is 19.9. The number of hydrogen-bond donors (Lipinski definition) is 2. The highest BCUT2D eigenvalue weighted by molar-refractivity contribution is 5.96. The first-order valence-electron chi connectivity index (χ1n) is 11.1. The maximum atomic E-state index is 13.8. The van der Waals surface area contributed by atoms with Gasteiger partial charge in [-0.2, -0.15) is 4.39 Å². The summed E-state index contributed by atoms with van der Waals surface area (Å²) >= 11 is 0. The van der Waals surface area contributed by atoms with Gasteiger partial charge >= 0.3 is 6.03 Å². The third kappa shape index (κ3) is 5.89. The van der Waals surface area contributed by atoms with Crippen molar-refractivity contribution in [2.45, 2.75) is 25.5 Å². The van der Waals surface area contributed by atoms with Crippen LogP contribution in [0.1, 0.15) is 28.8 Å². The zero-order valence-electron chi connectivity index (χ0n) is 18.5. The number of likely N-dealkylation sites (tertiary alicyclic amines) is 1. The van der Waals surface area contributed by atoms with Crippen molar-refractivity contribution >= 4 is 17.6 Å². The predicted octanol–water partition coefficient (Wildman–Crippen LogP) is 4.97. The number of piperidine rings is 1. The fourth-order valence-corrected chi connectivity index (χ4v) is 3.75. The SMILES string of the molecule is O=C(NCc1ccccc1)c1cccc(NC(=O)N2CCC(Oc3cccc(F)c3F)CC2)c1. The van der Waals surface area contributed by atoms with Gasteiger partial charge in [-0.15, -0.1) is 0 Å². The lowest BCUT2D eigenvalue weighted by Gasteiger charge is -2.32. The highest BCUT2D eigenvalue weighted by atomic mass is 19.2. The van der Waals surface area contributed by atoms with E-state index in [1.165, 1.54) is 12.1 Å². The average Bonchev–Trinajstić information content (AvgIpc) is 2.86. The Kier molecular flexibility index (Phi) is 7.37. The first-order valence-corrected chi connectivity index (χ1v) is 11.1. The minimum absolute atomic E-state index is 0.120. The largest absolute Gasteiger partial charge is 0.487 e. The number of urea groups is 1. The Morgan fingerprint density at radius 3 is 2.44 bits per heavy atom. The van der Waals surface area contributed by atoms with Crippen LogP contribution < -0.4 is 15.4 Å². The zero-order valence-corrected chi connectivity index (χ0v) is 18.5. The minimum Gasteiger partial charge on any atom is -0.487 e. The van der Waals surface area contributed by atoms with Crippen LogP contribution in [-0.2, 0) is 6.54 Å². The molecule has 8 heteroatoms. The van der Waals surface area contributed by atoms with Crippen LogP contribution in [0.5, 0.6) is 5.75 Å². The molecule has 34 heavy (non-hydrogen) atoms. The molecule has 3 aromatic carbocycles. The van der Waals surface area contributed by atoms with Crippen molar-refractivity contribution in [2.75, 3.05) is 18.4 Å². The number of anilines is 1. The molecule has 0 aromatic heterocycles. The standard InChI is InChI=1S/C26H25F2N3O3/c27-22-10-5-11-23(24(22)28)34-21-12-14-31(15-13-21)26(33)30-20-9-4-8-19(16-20)25(32)29-17-18-6-2-1-3-7-18/h1-11,16,21H,12-15,17H2,(H,29,32)(H,30,33). The lowest BCUT2D eigenvalue weighted by Crippen LogP contribution is -2.43. The third-order valence-corrected chi connectivity index (χ3v) is 5.61. The monoisotopic (exact) mass is 465 g/mol. The Balaban J connectivity index is 1.28. The maximum absolute atomic E-state index is 13.8. The number of nitrogens with zero attached hydrogens (tertiary/aromatic N) is 1. The summed E-state index contributed by atoms with van der Waals surface area (Å²) in [6.07, 6.45) is 0.674. The topological polar surface area (TPSA) is 70.7 Å². The lowest BCUT2D eigenvalue weighted by molar-refractivity contribution is 0.0950. The van der Waals surface area contributed by atoms with Gasteiger partial charge in [-0.05, 0) is 35.9 Å². The first kappa shape index (κ1) is 23.2. The third-order valence-electron chi connectivity index (χ3n) is 5.61. The van der Waals surface area contributed by atoms with Crippen LogP contribution in [0.2, 0.25) is 0 Å². The van der Waals surface area contributed by atoms with Gasteiger partial charge in [-0.3, -0.25) is 4.79 Å². The van der Waals surface area contributed by atoms with Crippen molar-refractivity contribution in [2.24, 2.45) is 0 Å². The van der Waals surface area contributed by atoms with Gasteiger partial charge in [0.25, 0.3) is 5.91 Å². The molecule has 0 atom stereocenters. The molecule has 3 aromatic rings. The van der Waals surface area contributed by atoms with Gasteiger partial charge < -0.3 is 20.3 Å². The zero-order chi connectivity index (χ0) is 23.9. The number of nitrogens with one attached hydrogen (secondary N) is 2. The molecule has 4 rings (SSSR count). The van der Waals surface area contributed by atoms with Crippen LogP contribution in [0.4, 0.5) is 19.3 Å². The van der Waals surface area contributed by atoms with Crippen LogP contribution >= 0.6 is 0 Å². The summed E-state index contributed by atoms with van der Waals surface area (Å²) in [6.45, 7) is 1.22. The Morgan fingerprint density at radius 2 is 1.68 bits per heavy atom. The summed E-state index contributed by atoms with van der Waals surface area (Å²) in [5.74, 6) is -2.31. The Labute approximate surface area is 196 Å². The number of hydrogen-bond acceptors (Lipinski definition) is 3. The number of halogens is 2. The number of rotatable bonds is 6. The summed E-state index contributed by atoms with van der Waals surface area (Å²) in [4.78, 5) is 26.8. The second-order valence-corrected chi connectivity index (χ2v) is 8.04. The van der Waals surface area contributed by atoms with Gasteiger partial charge in [0.05, 0.1) is 0 Å².